The van der Waals surface area contributed by atoms with Gasteiger partial charge in [0.2, 0.25) is 0 Å². The normalized spacial score (nSPS) is 11.1. The van der Waals surface area contributed by atoms with E-state index in [1.807, 2.05) is 23.6 Å². The van der Waals surface area contributed by atoms with Gasteiger partial charge in [0.1, 0.15) is 0 Å². The number of rotatable bonds is 1. The molecule has 3 aromatic rings. The largest absolute Gasteiger partial charge is 0.329 e. The fraction of sp³-hybridized carbons (Fsp3) is 0.200. The summed E-state index contributed by atoms with van der Waals surface area (Å²) in [5, 5.41) is 0. The summed E-state index contributed by atoms with van der Waals surface area (Å²) in [6.45, 7) is 6.16. The maximum Gasteiger partial charge on any atom is 0.184 e. The first-order valence-electron chi connectivity index (χ1n) is 6.22. The second-order valence-corrected chi connectivity index (χ2v) is 5.27. The van der Waals surface area contributed by atoms with Crippen molar-refractivity contribution in [2.24, 2.45) is 0 Å². The fourth-order valence-corrected chi connectivity index (χ4v) is 2.56. The lowest BCUT2D eigenvalue weighted by atomic mass is 10.1. The molecule has 0 fully saturated rings. The first-order chi connectivity index (χ1) is 9.06. The smallest absolute Gasteiger partial charge is 0.184 e. The van der Waals surface area contributed by atoms with Crippen molar-refractivity contribution in [3.05, 3.63) is 51.9 Å². The van der Waals surface area contributed by atoms with Crippen LogP contribution in [0.4, 0.5) is 0 Å². The Morgan fingerprint density at radius 3 is 2.68 bits per heavy atom. The summed E-state index contributed by atoms with van der Waals surface area (Å²) >= 11 is 5.45. The van der Waals surface area contributed by atoms with E-state index in [0.717, 1.165) is 22.5 Å². The number of nitrogens with one attached hydrogen (secondary N) is 1. The van der Waals surface area contributed by atoms with Crippen LogP contribution in [0.5, 0.6) is 0 Å². The Balaban J connectivity index is 2.42. The Kier molecular flexibility index (Phi) is 2.75. The summed E-state index contributed by atoms with van der Waals surface area (Å²) in [5.74, 6) is 0. The lowest BCUT2D eigenvalue weighted by Crippen LogP contribution is -1.99. The topological polar surface area (TPSA) is 33.6 Å². The molecule has 0 aliphatic carbocycles. The van der Waals surface area contributed by atoms with Gasteiger partial charge < -0.3 is 4.98 Å². The molecule has 0 unspecified atom stereocenters. The SMILES string of the molecule is Cc1ccc(C)c(-n2c(=S)[nH]c3ccc(C)nc32)c1. The quantitative estimate of drug-likeness (QED) is 0.677. The Bertz CT molecular complexity index is 827. The van der Waals surface area contributed by atoms with E-state index < -0.39 is 0 Å². The minimum atomic E-state index is 0.682. The third kappa shape index (κ3) is 1.98. The van der Waals surface area contributed by atoms with Crippen molar-refractivity contribution in [2.75, 3.05) is 0 Å². The summed E-state index contributed by atoms with van der Waals surface area (Å²) in [6, 6.07) is 10.4. The molecule has 3 nitrogen and oxygen atoms in total. The van der Waals surface area contributed by atoms with Crippen molar-refractivity contribution >= 4 is 23.4 Å². The number of aromatic amines is 1. The van der Waals surface area contributed by atoms with E-state index >= 15 is 0 Å². The van der Waals surface area contributed by atoms with E-state index in [0.29, 0.717) is 4.77 Å². The van der Waals surface area contributed by atoms with E-state index in [4.69, 9.17) is 12.2 Å². The Hall–Kier alpha value is -1.94. The van der Waals surface area contributed by atoms with Gasteiger partial charge in [-0.25, -0.2) is 4.98 Å². The van der Waals surface area contributed by atoms with Gasteiger partial charge in [-0.15, -0.1) is 0 Å². The van der Waals surface area contributed by atoms with Crippen LogP contribution in [0.25, 0.3) is 16.9 Å². The average molecular weight is 269 g/mol. The predicted octanol–water partition coefficient (Wildman–Crippen LogP) is 4.01. The van der Waals surface area contributed by atoms with Gasteiger partial charge in [0, 0.05) is 5.69 Å². The lowest BCUT2D eigenvalue weighted by Gasteiger charge is -2.09. The molecule has 3 rings (SSSR count). The number of fused-ring (bicyclic) bond motifs is 1. The molecular formula is C15H15N3S. The molecule has 1 aromatic carbocycles. The molecule has 4 heteroatoms. The summed E-state index contributed by atoms with van der Waals surface area (Å²) in [7, 11) is 0. The van der Waals surface area contributed by atoms with Crippen molar-refractivity contribution < 1.29 is 0 Å². The monoisotopic (exact) mass is 269 g/mol. The van der Waals surface area contributed by atoms with Crippen LogP contribution in [0.2, 0.25) is 0 Å². The molecule has 2 aromatic heterocycles. The van der Waals surface area contributed by atoms with Crippen molar-refractivity contribution in [1.82, 2.24) is 14.5 Å². The van der Waals surface area contributed by atoms with Gasteiger partial charge in [0.25, 0.3) is 0 Å². The van der Waals surface area contributed by atoms with E-state index in [2.05, 4.69) is 42.0 Å². The fourth-order valence-electron chi connectivity index (χ4n) is 2.26. The summed E-state index contributed by atoms with van der Waals surface area (Å²) in [5.41, 5.74) is 6.33. The van der Waals surface area contributed by atoms with E-state index in [1.54, 1.807) is 0 Å². The first kappa shape index (κ1) is 12.1. The van der Waals surface area contributed by atoms with Crippen LogP contribution in [0.1, 0.15) is 16.8 Å². The van der Waals surface area contributed by atoms with Gasteiger partial charge in [-0.1, -0.05) is 12.1 Å². The number of hydrogen-bond donors (Lipinski definition) is 1. The second kappa shape index (κ2) is 4.31. The molecule has 0 aliphatic heterocycles. The standard InChI is InChI=1S/C15H15N3S/c1-9-4-5-10(2)13(8-9)18-14-12(17-15(18)19)7-6-11(3)16-14/h4-8H,1-3H3,(H,17,19). The molecule has 0 saturated carbocycles. The highest BCUT2D eigenvalue weighted by Gasteiger charge is 2.10. The molecule has 19 heavy (non-hydrogen) atoms. The zero-order chi connectivity index (χ0) is 13.6. The van der Waals surface area contributed by atoms with Gasteiger partial charge in [0.05, 0.1) is 11.2 Å². The maximum absolute atomic E-state index is 5.45. The zero-order valence-electron chi connectivity index (χ0n) is 11.2. The van der Waals surface area contributed by atoms with Crippen LogP contribution in [0, 0.1) is 25.5 Å². The third-order valence-electron chi connectivity index (χ3n) is 3.28. The number of pyridine rings is 1. The molecule has 96 valence electrons. The summed E-state index contributed by atoms with van der Waals surface area (Å²) in [4.78, 5) is 7.82. The molecule has 0 atom stereocenters. The van der Waals surface area contributed by atoms with Gasteiger partial charge in [-0.05, 0) is 62.3 Å². The molecule has 0 radical (unpaired) electrons. The molecule has 0 spiro atoms. The highest BCUT2D eigenvalue weighted by Crippen LogP contribution is 2.22. The number of aryl methyl sites for hydroxylation is 3. The van der Waals surface area contributed by atoms with Crippen molar-refractivity contribution in [3.63, 3.8) is 0 Å². The Morgan fingerprint density at radius 2 is 1.89 bits per heavy atom. The number of aromatic nitrogens is 3. The van der Waals surface area contributed by atoms with Gasteiger partial charge in [-0.2, -0.15) is 0 Å². The van der Waals surface area contributed by atoms with Crippen LogP contribution < -0.4 is 0 Å². The number of benzene rings is 1. The minimum absolute atomic E-state index is 0.682. The number of nitrogens with zero attached hydrogens (tertiary/aromatic N) is 2. The molecule has 2 heterocycles. The van der Waals surface area contributed by atoms with Crippen LogP contribution in [-0.2, 0) is 0 Å². The van der Waals surface area contributed by atoms with Crippen molar-refractivity contribution in [1.29, 1.82) is 0 Å². The second-order valence-electron chi connectivity index (χ2n) is 4.88. The zero-order valence-corrected chi connectivity index (χ0v) is 12.0. The van der Waals surface area contributed by atoms with E-state index in [9.17, 15) is 0 Å². The molecule has 0 amide bonds. The van der Waals surface area contributed by atoms with Gasteiger partial charge in [0.15, 0.2) is 10.4 Å². The number of imidazole rings is 1. The molecule has 1 N–H and O–H groups in total. The first-order valence-corrected chi connectivity index (χ1v) is 6.63. The third-order valence-corrected chi connectivity index (χ3v) is 3.56. The lowest BCUT2D eigenvalue weighted by molar-refractivity contribution is 1.02. The van der Waals surface area contributed by atoms with E-state index in [1.165, 1.54) is 11.1 Å². The van der Waals surface area contributed by atoms with Crippen LogP contribution in [0.15, 0.2) is 30.3 Å². The number of H-pyrrole nitrogens is 1. The molecule has 0 saturated heterocycles. The number of hydrogen-bond acceptors (Lipinski definition) is 2. The van der Waals surface area contributed by atoms with Gasteiger partial charge in [-0.3, -0.25) is 4.57 Å². The highest BCUT2D eigenvalue weighted by molar-refractivity contribution is 7.71. The Morgan fingerprint density at radius 1 is 1.11 bits per heavy atom. The average Bonchev–Trinajstić information content (AvgIpc) is 2.68. The minimum Gasteiger partial charge on any atom is -0.329 e. The van der Waals surface area contributed by atoms with Crippen LogP contribution >= 0.6 is 12.2 Å². The highest BCUT2D eigenvalue weighted by atomic mass is 32.1. The van der Waals surface area contributed by atoms with E-state index in [-0.39, 0.29) is 0 Å². The molecular weight excluding hydrogens is 254 g/mol. The van der Waals surface area contributed by atoms with Crippen molar-refractivity contribution in [2.45, 2.75) is 20.8 Å². The summed E-state index contributed by atoms with van der Waals surface area (Å²) < 4.78 is 2.70. The van der Waals surface area contributed by atoms with Crippen LogP contribution in [-0.4, -0.2) is 14.5 Å². The van der Waals surface area contributed by atoms with Crippen LogP contribution in [0.3, 0.4) is 0 Å². The summed E-state index contributed by atoms with van der Waals surface area (Å²) in [6.07, 6.45) is 0. The maximum atomic E-state index is 5.45. The Labute approximate surface area is 116 Å². The molecule has 0 aliphatic rings. The van der Waals surface area contributed by atoms with Gasteiger partial charge >= 0.3 is 0 Å². The molecule has 0 bridgehead atoms. The predicted molar refractivity (Wildman–Crippen MR) is 80.5 cm³/mol. The van der Waals surface area contributed by atoms with Crippen molar-refractivity contribution in [3.8, 4) is 5.69 Å².